The predicted molar refractivity (Wildman–Crippen MR) is 61.8 cm³/mol. The van der Waals surface area contributed by atoms with E-state index in [1.54, 1.807) is 11.3 Å². The van der Waals surface area contributed by atoms with Gasteiger partial charge in [0.25, 0.3) is 0 Å². The summed E-state index contributed by atoms with van der Waals surface area (Å²) in [6.07, 6.45) is 2.61. The summed E-state index contributed by atoms with van der Waals surface area (Å²) in [5.74, 6) is 0. The van der Waals surface area contributed by atoms with E-state index >= 15 is 0 Å². The molecule has 1 fully saturated rings. The van der Waals surface area contributed by atoms with Crippen LogP contribution in [0.15, 0.2) is 16.8 Å². The van der Waals surface area contributed by atoms with Gasteiger partial charge in [-0.15, -0.1) is 0 Å². The molecule has 3 heteroatoms. The van der Waals surface area contributed by atoms with Crippen LogP contribution in [0.3, 0.4) is 0 Å². The molecule has 2 heterocycles. The Labute approximate surface area is 89.7 Å². The van der Waals surface area contributed by atoms with Crippen molar-refractivity contribution in [2.45, 2.75) is 31.8 Å². The van der Waals surface area contributed by atoms with Gasteiger partial charge in [-0.05, 0) is 48.7 Å². The van der Waals surface area contributed by atoms with Crippen LogP contribution in [0.5, 0.6) is 0 Å². The molecule has 1 aliphatic heterocycles. The molecule has 0 aromatic carbocycles. The van der Waals surface area contributed by atoms with Gasteiger partial charge in [0.05, 0.1) is 0 Å². The molecule has 14 heavy (non-hydrogen) atoms. The van der Waals surface area contributed by atoms with E-state index < -0.39 is 0 Å². The first-order chi connectivity index (χ1) is 6.86. The highest BCUT2D eigenvalue weighted by atomic mass is 32.1. The molecular formula is C11H18N2S. The van der Waals surface area contributed by atoms with Crippen LogP contribution in [-0.4, -0.2) is 19.1 Å². The average Bonchev–Trinajstić information content (AvgIpc) is 2.72. The molecular weight excluding hydrogens is 192 g/mol. The topological polar surface area (TPSA) is 24.1 Å². The van der Waals surface area contributed by atoms with Gasteiger partial charge in [-0.25, -0.2) is 0 Å². The minimum absolute atomic E-state index is 0.492. The van der Waals surface area contributed by atoms with Gasteiger partial charge in [-0.3, -0.25) is 0 Å². The van der Waals surface area contributed by atoms with Gasteiger partial charge in [0, 0.05) is 18.6 Å². The molecule has 0 bridgehead atoms. The number of nitrogens with one attached hydrogen (secondary N) is 2. The number of rotatable bonds is 3. The maximum atomic E-state index is 3.67. The highest BCUT2D eigenvalue weighted by Crippen LogP contribution is 2.17. The molecule has 1 saturated heterocycles. The first kappa shape index (κ1) is 10.1. The number of hydrogen-bond donors (Lipinski definition) is 2. The first-order valence-electron chi connectivity index (χ1n) is 5.35. The minimum atomic E-state index is 0.492. The van der Waals surface area contributed by atoms with E-state index in [-0.39, 0.29) is 0 Å². The molecule has 0 saturated carbocycles. The van der Waals surface area contributed by atoms with Crippen molar-refractivity contribution in [1.29, 1.82) is 0 Å². The Morgan fingerprint density at radius 3 is 3.21 bits per heavy atom. The third kappa shape index (κ3) is 2.56. The van der Waals surface area contributed by atoms with Gasteiger partial charge in [-0.2, -0.15) is 11.3 Å². The summed E-state index contributed by atoms with van der Waals surface area (Å²) in [5, 5.41) is 11.5. The van der Waals surface area contributed by atoms with E-state index in [9.17, 15) is 0 Å². The van der Waals surface area contributed by atoms with Gasteiger partial charge in [0.2, 0.25) is 0 Å². The van der Waals surface area contributed by atoms with Crippen LogP contribution < -0.4 is 10.6 Å². The number of piperidine rings is 1. The molecule has 1 aromatic rings. The molecule has 2 rings (SSSR count). The van der Waals surface area contributed by atoms with Crippen molar-refractivity contribution in [3.05, 3.63) is 22.4 Å². The Morgan fingerprint density at radius 2 is 2.57 bits per heavy atom. The van der Waals surface area contributed by atoms with E-state index in [0.717, 1.165) is 6.54 Å². The van der Waals surface area contributed by atoms with Crippen LogP contribution in [0.2, 0.25) is 0 Å². The van der Waals surface area contributed by atoms with E-state index in [4.69, 9.17) is 0 Å². The van der Waals surface area contributed by atoms with E-state index in [1.807, 2.05) is 0 Å². The maximum Gasteiger partial charge on any atom is 0.0303 e. The SMILES string of the molecule is CC(NC1CCCNC1)c1ccsc1. The summed E-state index contributed by atoms with van der Waals surface area (Å²) in [6.45, 7) is 4.55. The summed E-state index contributed by atoms with van der Waals surface area (Å²) < 4.78 is 0. The number of thiophene rings is 1. The number of hydrogen-bond acceptors (Lipinski definition) is 3. The highest BCUT2D eigenvalue weighted by molar-refractivity contribution is 7.07. The van der Waals surface area contributed by atoms with Gasteiger partial charge < -0.3 is 10.6 Å². The van der Waals surface area contributed by atoms with Crippen LogP contribution in [-0.2, 0) is 0 Å². The molecule has 1 aliphatic rings. The molecule has 0 amide bonds. The fourth-order valence-electron chi connectivity index (χ4n) is 1.97. The van der Waals surface area contributed by atoms with Gasteiger partial charge in [0.1, 0.15) is 0 Å². The fourth-order valence-corrected chi connectivity index (χ4v) is 2.72. The first-order valence-corrected chi connectivity index (χ1v) is 6.29. The van der Waals surface area contributed by atoms with Crippen LogP contribution >= 0.6 is 11.3 Å². The van der Waals surface area contributed by atoms with E-state index in [1.165, 1.54) is 24.9 Å². The second-order valence-corrected chi connectivity index (χ2v) is 4.77. The summed E-state index contributed by atoms with van der Waals surface area (Å²) in [5.41, 5.74) is 1.42. The third-order valence-corrected chi connectivity index (χ3v) is 3.53. The second kappa shape index (κ2) is 4.91. The summed E-state index contributed by atoms with van der Waals surface area (Å²) in [7, 11) is 0. The van der Waals surface area contributed by atoms with Gasteiger partial charge >= 0.3 is 0 Å². The molecule has 0 radical (unpaired) electrons. The Hall–Kier alpha value is -0.380. The summed E-state index contributed by atoms with van der Waals surface area (Å²) in [4.78, 5) is 0. The lowest BCUT2D eigenvalue weighted by Gasteiger charge is -2.27. The summed E-state index contributed by atoms with van der Waals surface area (Å²) >= 11 is 1.77. The van der Waals surface area contributed by atoms with Crippen molar-refractivity contribution in [1.82, 2.24) is 10.6 Å². The fraction of sp³-hybridized carbons (Fsp3) is 0.636. The highest BCUT2D eigenvalue weighted by Gasteiger charge is 2.15. The van der Waals surface area contributed by atoms with Gasteiger partial charge in [-0.1, -0.05) is 0 Å². The normalized spacial score (nSPS) is 24.8. The summed E-state index contributed by atoms with van der Waals surface area (Å²) in [6, 6.07) is 3.35. The van der Waals surface area contributed by atoms with Crippen LogP contribution in [0.4, 0.5) is 0 Å². The second-order valence-electron chi connectivity index (χ2n) is 3.99. The monoisotopic (exact) mass is 210 g/mol. The zero-order chi connectivity index (χ0) is 9.80. The van der Waals surface area contributed by atoms with Crippen LogP contribution in [0.1, 0.15) is 31.4 Å². The maximum absolute atomic E-state index is 3.67. The van der Waals surface area contributed by atoms with Crippen LogP contribution in [0, 0.1) is 0 Å². The van der Waals surface area contributed by atoms with E-state index in [0.29, 0.717) is 12.1 Å². The Balaban J connectivity index is 1.84. The molecule has 2 N–H and O–H groups in total. The average molecular weight is 210 g/mol. The van der Waals surface area contributed by atoms with Crippen molar-refractivity contribution in [2.24, 2.45) is 0 Å². The molecule has 0 spiro atoms. The van der Waals surface area contributed by atoms with Crippen molar-refractivity contribution in [2.75, 3.05) is 13.1 Å². The smallest absolute Gasteiger partial charge is 0.0303 e. The zero-order valence-corrected chi connectivity index (χ0v) is 9.44. The lowest BCUT2D eigenvalue weighted by Crippen LogP contribution is -2.43. The third-order valence-electron chi connectivity index (χ3n) is 2.83. The van der Waals surface area contributed by atoms with Crippen LogP contribution in [0.25, 0.3) is 0 Å². The molecule has 2 atom stereocenters. The Kier molecular flexibility index (Phi) is 3.56. The van der Waals surface area contributed by atoms with Gasteiger partial charge in [0.15, 0.2) is 0 Å². The quantitative estimate of drug-likeness (QED) is 0.799. The molecule has 2 nitrogen and oxygen atoms in total. The Bertz CT molecular complexity index is 252. The molecule has 0 aliphatic carbocycles. The lowest BCUT2D eigenvalue weighted by molar-refractivity contribution is 0.362. The van der Waals surface area contributed by atoms with Crippen molar-refractivity contribution >= 4 is 11.3 Å². The Morgan fingerprint density at radius 1 is 1.64 bits per heavy atom. The molecule has 1 aromatic heterocycles. The lowest BCUT2D eigenvalue weighted by atomic mass is 10.1. The zero-order valence-electron chi connectivity index (χ0n) is 8.62. The molecule has 2 unspecified atom stereocenters. The van der Waals surface area contributed by atoms with Crippen molar-refractivity contribution in [3.8, 4) is 0 Å². The largest absolute Gasteiger partial charge is 0.315 e. The standard InChI is InChI=1S/C11H18N2S/c1-9(10-4-6-14-8-10)13-11-3-2-5-12-7-11/h4,6,8-9,11-13H,2-3,5,7H2,1H3. The van der Waals surface area contributed by atoms with E-state index in [2.05, 4.69) is 34.4 Å². The van der Waals surface area contributed by atoms with Crippen molar-refractivity contribution < 1.29 is 0 Å². The minimum Gasteiger partial charge on any atom is -0.315 e. The predicted octanol–water partition coefficient (Wildman–Crippen LogP) is 2.15. The molecule has 78 valence electrons. The van der Waals surface area contributed by atoms with Crippen molar-refractivity contribution in [3.63, 3.8) is 0 Å².